The van der Waals surface area contributed by atoms with Gasteiger partial charge in [-0.2, -0.15) is 0 Å². The van der Waals surface area contributed by atoms with E-state index in [4.69, 9.17) is 9.47 Å². The third-order valence-electron chi connectivity index (χ3n) is 4.43. The van der Waals surface area contributed by atoms with Gasteiger partial charge in [0.15, 0.2) is 5.78 Å². The highest BCUT2D eigenvalue weighted by molar-refractivity contribution is 5.91. The number of Topliss-reactive ketones (excluding diaryl/α,β-unsaturated/α-hetero) is 1. The molecule has 0 radical (unpaired) electrons. The van der Waals surface area contributed by atoms with Gasteiger partial charge in [0.2, 0.25) is 0 Å². The molecule has 4 nitrogen and oxygen atoms in total. The largest absolute Gasteiger partial charge is 0.380 e. The van der Waals surface area contributed by atoms with Crippen LogP contribution in [0.1, 0.15) is 40.5 Å². The molecule has 2 fully saturated rings. The molecule has 0 aromatic heterocycles. The lowest BCUT2D eigenvalue weighted by molar-refractivity contribution is -0.132. The topological polar surface area (TPSA) is 38.8 Å². The Morgan fingerprint density at radius 3 is 2.45 bits per heavy atom. The Bertz CT molecular complexity index is 361. The van der Waals surface area contributed by atoms with Crippen molar-refractivity contribution in [2.24, 2.45) is 11.8 Å². The van der Waals surface area contributed by atoms with Crippen LogP contribution in [0.2, 0.25) is 0 Å². The molecule has 0 N–H and O–H groups in total. The maximum atomic E-state index is 12.4. The third kappa shape index (κ3) is 3.80. The first-order valence-corrected chi connectivity index (χ1v) is 7.73. The molecule has 116 valence electrons. The van der Waals surface area contributed by atoms with E-state index in [-0.39, 0.29) is 17.3 Å². The Morgan fingerprint density at radius 1 is 1.30 bits per heavy atom. The summed E-state index contributed by atoms with van der Waals surface area (Å²) in [6.07, 6.45) is 2.65. The summed E-state index contributed by atoms with van der Waals surface area (Å²) in [5.41, 5.74) is -1.04. The molecule has 1 atom stereocenters. The number of carbonyl (C=O) groups is 1. The van der Waals surface area contributed by atoms with Crippen LogP contribution in [-0.4, -0.2) is 55.2 Å². The number of nitrogens with zero attached hydrogens (tertiary/aromatic N) is 1. The zero-order valence-electron chi connectivity index (χ0n) is 13.6. The fourth-order valence-electron chi connectivity index (χ4n) is 2.97. The Labute approximate surface area is 122 Å². The average molecular weight is 283 g/mol. The number of hydrogen-bond acceptors (Lipinski definition) is 4. The quantitative estimate of drug-likeness (QED) is 0.671. The summed E-state index contributed by atoms with van der Waals surface area (Å²) in [4.78, 5) is 14.6. The van der Waals surface area contributed by atoms with Crippen LogP contribution in [0.4, 0.5) is 0 Å². The predicted octanol–water partition coefficient (Wildman–Crippen LogP) is 2.12. The normalized spacial score (nSPS) is 28.3. The van der Waals surface area contributed by atoms with Crippen LogP contribution in [0.25, 0.3) is 0 Å². The van der Waals surface area contributed by atoms with Gasteiger partial charge in [-0.05, 0) is 53.5 Å². The highest BCUT2D eigenvalue weighted by Crippen LogP contribution is 2.39. The molecule has 1 saturated carbocycles. The molecule has 1 aliphatic heterocycles. The Kier molecular flexibility index (Phi) is 4.57. The standard InChI is InChI=1S/C16H29NO3/c1-15(2)13(14(18)16(3,4)20-15)10-17(5)8-9-19-11-12-6-7-12/h12-13H,6-11H2,1-5H3. The van der Waals surface area contributed by atoms with E-state index >= 15 is 0 Å². The minimum atomic E-state index is -0.655. The molecular weight excluding hydrogens is 254 g/mol. The highest BCUT2D eigenvalue weighted by atomic mass is 16.5. The summed E-state index contributed by atoms with van der Waals surface area (Å²) >= 11 is 0. The number of ether oxygens (including phenoxy) is 2. The maximum Gasteiger partial charge on any atom is 0.171 e. The van der Waals surface area contributed by atoms with Gasteiger partial charge in [-0.1, -0.05) is 0 Å². The maximum absolute atomic E-state index is 12.4. The highest BCUT2D eigenvalue weighted by Gasteiger charge is 2.53. The van der Waals surface area contributed by atoms with Crippen molar-refractivity contribution in [2.75, 3.05) is 33.4 Å². The van der Waals surface area contributed by atoms with Crippen molar-refractivity contribution in [3.05, 3.63) is 0 Å². The molecule has 20 heavy (non-hydrogen) atoms. The van der Waals surface area contributed by atoms with Gasteiger partial charge in [0.25, 0.3) is 0 Å². The summed E-state index contributed by atoms with van der Waals surface area (Å²) < 4.78 is 11.6. The SMILES string of the molecule is CN(CCOCC1CC1)CC1C(=O)C(C)(C)OC1(C)C. The molecule has 1 aliphatic carbocycles. The van der Waals surface area contributed by atoms with Crippen molar-refractivity contribution in [3.63, 3.8) is 0 Å². The summed E-state index contributed by atoms with van der Waals surface area (Å²) in [6, 6.07) is 0. The molecule has 2 rings (SSSR count). The van der Waals surface area contributed by atoms with E-state index in [1.807, 2.05) is 27.7 Å². The summed E-state index contributed by atoms with van der Waals surface area (Å²) in [7, 11) is 2.05. The van der Waals surface area contributed by atoms with Crippen molar-refractivity contribution in [3.8, 4) is 0 Å². The minimum Gasteiger partial charge on any atom is -0.380 e. The van der Waals surface area contributed by atoms with Crippen molar-refractivity contribution in [1.29, 1.82) is 0 Å². The average Bonchev–Trinajstić information content (AvgIpc) is 3.10. The number of hydrogen-bond donors (Lipinski definition) is 0. The number of carbonyl (C=O) groups excluding carboxylic acids is 1. The molecule has 1 unspecified atom stereocenters. The van der Waals surface area contributed by atoms with Crippen LogP contribution < -0.4 is 0 Å². The van der Waals surface area contributed by atoms with Crippen LogP contribution in [0.5, 0.6) is 0 Å². The second kappa shape index (κ2) is 5.74. The first kappa shape index (κ1) is 15.9. The van der Waals surface area contributed by atoms with E-state index in [1.165, 1.54) is 12.8 Å². The van der Waals surface area contributed by atoms with Gasteiger partial charge < -0.3 is 14.4 Å². The number of ketones is 1. The van der Waals surface area contributed by atoms with Gasteiger partial charge in [-0.25, -0.2) is 0 Å². The smallest absolute Gasteiger partial charge is 0.171 e. The summed E-state index contributed by atoms with van der Waals surface area (Å²) in [5.74, 6) is 0.962. The van der Waals surface area contributed by atoms with Crippen LogP contribution in [0, 0.1) is 11.8 Å². The molecule has 1 heterocycles. The second-order valence-corrected chi connectivity index (χ2v) is 7.41. The molecule has 0 aromatic rings. The summed E-state index contributed by atoms with van der Waals surface area (Å²) in [6.45, 7) is 11.0. The van der Waals surface area contributed by atoms with Gasteiger partial charge in [-0.3, -0.25) is 4.79 Å². The Morgan fingerprint density at radius 2 is 1.95 bits per heavy atom. The van der Waals surface area contributed by atoms with Crippen LogP contribution in [0.15, 0.2) is 0 Å². The lowest BCUT2D eigenvalue weighted by Crippen LogP contribution is -2.40. The molecule has 0 aromatic carbocycles. The van der Waals surface area contributed by atoms with Gasteiger partial charge in [0, 0.05) is 19.7 Å². The number of likely N-dealkylation sites (N-methyl/N-ethyl adjacent to an activating group) is 1. The van der Waals surface area contributed by atoms with E-state index in [1.54, 1.807) is 0 Å². The van der Waals surface area contributed by atoms with Crippen molar-refractivity contribution in [2.45, 2.75) is 51.7 Å². The second-order valence-electron chi connectivity index (χ2n) is 7.41. The molecule has 0 bridgehead atoms. The van der Waals surface area contributed by atoms with Crippen molar-refractivity contribution in [1.82, 2.24) is 4.90 Å². The molecular formula is C16H29NO3. The van der Waals surface area contributed by atoms with Gasteiger partial charge in [0.05, 0.1) is 18.1 Å². The zero-order valence-corrected chi connectivity index (χ0v) is 13.6. The van der Waals surface area contributed by atoms with E-state index in [2.05, 4.69) is 11.9 Å². The van der Waals surface area contributed by atoms with Crippen LogP contribution in [0.3, 0.4) is 0 Å². The lowest BCUT2D eigenvalue weighted by Gasteiger charge is -2.28. The van der Waals surface area contributed by atoms with E-state index in [0.717, 1.165) is 32.2 Å². The van der Waals surface area contributed by atoms with Gasteiger partial charge >= 0.3 is 0 Å². The van der Waals surface area contributed by atoms with E-state index < -0.39 is 5.60 Å². The fourth-order valence-corrected chi connectivity index (χ4v) is 2.97. The Hall–Kier alpha value is -0.450. The third-order valence-corrected chi connectivity index (χ3v) is 4.43. The lowest BCUT2D eigenvalue weighted by atomic mass is 9.85. The van der Waals surface area contributed by atoms with Crippen molar-refractivity contribution >= 4 is 5.78 Å². The van der Waals surface area contributed by atoms with Crippen LogP contribution >= 0.6 is 0 Å². The van der Waals surface area contributed by atoms with Gasteiger partial charge in [0.1, 0.15) is 5.60 Å². The van der Waals surface area contributed by atoms with Crippen molar-refractivity contribution < 1.29 is 14.3 Å². The molecule has 0 amide bonds. The van der Waals surface area contributed by atoms with E-state index in [9.17, 15) is 4.79 Å². The molecule has 2 aliphatic rings. The minimum absolute atomic E-state index is 0.0640. The first-order valence-electron chi connectivity index (χ1n) is 7.73. The van der Waals surface area contributed by atoms with E-state index in [0.29, 0.717) is 0 Å². The summed E-state index contributed by atoms with van der Waals surface area (Å²) in [5, 5.41) is 0. The Balaban J connectivity index is 1.77. The van der Waals surface area contributed by atoms with Crippen LogP contribution in [-0.2, 0) is 14.3 Å². The fraction of sp³-hybridized carbons (Fsp3) is 0.938. The molecule has 1 saturated heterocycles. The monoisotopic (exact) mass is 283 g/mol. The van der Waals surface area contributed by atoms with Gasteiger partial charge in [-0.15, -0.1) is 0 Å². The predicted molar refractivity (Wildman–Crippen MR) is 78.8 cm³/mol. The zero-order chi connectivity index (χ0) is 15.0. The first-order chi connectivity index (χ1) is 9.22. The molecule has 0 spiro atoms. The molecule has 4 heteroatoms. The number of rotatable bonds is 7.